The lowest BCUT2D eigenvalue weighted by Gasteiger charge is -2.13. The lowest BCUT2D eigenvalue weighted by molar-refractivity contribution is 0.721. The van der Waals surface area contributed by atoms with Crippen LogP contribution in [0.25, 0.3) is 22.2 Å². The Balaban J connectivity index is 1.48. The van der Waals surface area contributed by atoms with E-state index in [9.17, 15) is 0 Å². The van der Waals surface area contributed by atoms with Crippen molar-refractivity contribution in [3.8, 4) is 11.1 Å². The predicted octanol–water partition coefficient (Wildman–Crippen LogP) is 5.88. The maximum Gasteiger partial charge on any atom is 0.133 e. The van der Waals surface area contributed by atoms with Crippen LogP contribution in [-0.4, -0.2) is 21.9 Å². The quantitative estimate of drug-likeness (QED) is 0.423. The summed E-state index contributed by atoms with van der Waals surface area (Å²) < 4.78 is 2.39. The minimum Gasteiger partial charge on any atom is -0.342 e. The number of nitrogens with one attached hydrogen (secondary N) is 1. The molecule has 0 bridgehead atoms. The number of rotatable bonds is 6. The molecular formula is C28H28N4. The number of imidazole rings is 1. The highest BCUT2D eigenvalue weighted by Gasteiger charge is 2.16. The summed E-state index contributed by atoms with van der Waals surface area (Å²) in [7, 11) is 0. The second kappa shape index (κ2) is 8.46. The predicted molar refractivity (Wildman–Crippen MR) is 133 cm³/mol. The normalized spacial score (nSPS) is 13.4. The monoisotopic (exact) mass is 420 g/mol. The Labute approximate surface area is 189 Å². The molecule has 4 nitrogen and oxygen atoms in total. The first kappa shape index (κ1) is 20.3. The van der Waals surface area contributed by atoms with E-state index < -0.39 is 0 Å². The SMILES string of the molecule is C=C1CN=C(c2ccccc2-c2ccc(Cn3c(CCC)nc4cccc(C)c43)cc2)N1. The minimum atomic E-state index is 0.640. The van der Waals surface area contributed by atoms with Crippen molar-refractivity contribution in [2.75, 3.05) is 6.54 Å². The van der Waals surface area contributed by atoms with Gasteiger partial charge in [0, 0.05) is 24.2 Å². The number of fused-ring (bicyclic) bond motifs is 1. The number of hydrogen-bond acceptors (Lipinski definition) is 3. The molecule has 1 aromatic heterocycles. The fourth-order valence-corrected chi connectivity index (χ4v) is 4.49. The number of para-hydroxylation sites is 1. The van der Waals surface area contributed by atoms with Crippen LogP contribution in [0.15, 0.2) is 84.0 Å². The summed E-state index contributed by atoms with van der Waals surface area (Å²) in [6, 6.07) is 23.7. The molecule has 0 unspecified atom stereocenters. The van der Waals surface area contributed by atoms with E-state index in [4.69, 9.17) is 4.98 Å². The first-order valence-corrected chi connectivity index (χ1v) is 11.3. The van der Waals surface area contributed by atoms with Gasteiger partial charge in [-0.3, -0.25) is 4.99 Å². The van der Waals surface area contributed by atoms with Crippen molar-refractivity contribution < 1.29 is 0 Å². The molecule has 4 aromatic rings. The Hall–Kier alpha value is -3.66. The van der Waals surface area contributed by atoms with Gasteiger partial charge in [-0.2, -0.15) is 0 Å². The van der Waals surface area contributed by atoms with Crippen LogP contribution in [0, 0.1) is 6.92 Å². The third kappa shape index (κ3) is 3.73. The average molecular weight is 421 g/mol. The van der Waals surface area contributed by atoms with Crippen molar-refractivity contribution in [3.05, 3.63) is 102 Å². The molecule has 1 aliphatic rings. The van der Waals surface area contributed by atoms with E-state index in [0.717, 1.165) is 47.8 Å². The topological polar surface area (TPSA) is 42.2 Å². The molecule has 0 radical (unpaired) electrons. The summed E-state index contributed by atoms with van der Waals surface area (Å²) in [5.74, 6) is 2.07. The van der Waals surface area contributed by atoms with Crippen LogP contribution < -0.4 is 5.32 Å². The number of benzene rings is 3. The van der Waals surface area contributed by atoms with Crippen molar-refractivity contribution in [1.82, 2.24) is 14.9 Å². The standard InChI is InChI=1S/C28H28N4/c1-4-8-26-31-25-12-7-9-19(2)27(25)32(26)18-21-13-15-22(16-14-21)23-10-5-6-11-24(23)28-29-17-20(3)30-28/h5-7,9-16H,3-4,8,17-18H2,1-2H3,(H,29,30). The molecule has 4 heteroatoms. The summed E-state index contributed by atoms with van der Waals surface area (Å²) in [6.07, 6.45) is 2.07. The molecule has 0 amide bonds. The van der Waals surface area contributed by atoms with E-state index in [-0.39, 0.29) is 0 Å². The Morgan fingerprint density at radius 3 is 2.47 bits per heavy atom. The zero-order chi connectivity index (χ0) is 22.1. The summed E-state index contributed by atoms with van der Waals surface area (Å²) in [4.78, 5) is 9.52. The lowest BCUT2D eigenvalue weighted by atomic mass is 9.98. The fraction of sp³-hybridized carbons (Fsp3) is 0.214. The first-order valence-electron chi connectivity index (χ1n) is 11.3. The molecule has 0 saturated heterocycles. The van der Waals surface area contributed by atoms with Crippen molar-refractivity contribution >= 4 is 16.9 Å². The highest BCUT2D eigenvalue weighted by atomic mass is 15.1. The van der Waals surface area contributed by atoms with E-state index >= 15 is 0 Å². The molecule has 32 heavy (non-hydrogen) atoms. The van der Waals surface area contributed by atoms with Gasteiger partial charge in [0.1, 0.15) is 11.7 Å². The number of aryl methyl sites for hydroxylation is 2. The molecule has 0 spiro atoms. The van der Waals surface area contributed by atoms with Gasteiger partial charge in [-0.25, -0.2) is 4.98 Å². The third-order valence-electron chi connectivity index (χ3n) is 6.03. The fourth-order valence-electron chi connectivity index (χ4n) is 4.49. The maximum atomic E-state index is 4.92. The van der Waals surface area contributed by atoms with Crippen LogP contribution >= 0.6 is 0 Å². The summed E-state index contributed by atoms with van der Waals surface area (Å²) >= 11 is 0. The van der Waals surface area contributed by atoms with Crippen molar-refractivity contribution in [2.24, 2.45) is 4.99 Å². The molecule has 0 saturated carbocycles. The molecule has 5 rings (SSSR count). The highest BCUT2D eigenvalue weighted by molar-refractivity contribution is 6.06. The van der Waals surface area contributed by atoms with Gasteiger partial charge in [0.15, 0.2) is 0 Å². The zero-order valence-electron chi connectivity index (χ0n) is 18.7. The van der Waals surface area contributed by atoms with E-state index in [2.05, 4.69) is 102 Å². The van der Waals surface area contributed by atoms with E-state index in [1.165, 1.54) is 27.8 Å². The number of amidine groups is 1. The van der Waals surface area contributed by atoms with Crippen molar-refractivity contribution in [1.29, 1.82) is 0 Å². The van der Waals surface area contributed by atoms with Gasteiger partial charge >= 0.3 is 0 Å². The molecular weight excluding hydrogens is 392 g/mol. The molecule has 3 aromatic carbocycles. The van der Waals surface area contributed by atoms with Gasteiger partial charge in [-0.1, -0.05) is 74.2 Å². The summed E-state index contributed by atoms with van der Waals surface area (Å²) in [5.41, 5.74) is 9.30. The highest BCUT2D eigenvalue weighted by Crippen LogP contribution is 2.27. The molecule has 0 atom stereocenters. The van der Waals surface area contributed by atoms with E-state index in [1.54, 1.807) is 0 Å². The van der Waals surface area contributed by atoms with E-state index in [1.807, 2.05) is 0 Å². The summed E-state index contributed by atoms with van der Waals surface area (Å²) in [5, 5.41) is 3.31. The van der Waals surface area contributed by atoms with Gasteiger partial charge in [0.2, 0.25) is 0 Å². The van der Waals surface area contributed by atoms with Crippen LogP contribution in [-0.2, 0) is 13.0 Å². The molecule has 0 aliphatic carbocycles. The molecule has 1 N–H and O–H groups in total. The molecule has 2 heterocycles. The van der Waals surface area contributed by atoms with Gasteiger partial charge < -0.3 is 9.88 Å². The van der Waals surface area contributed by atoms with Crippen LogP contribution in [0.1, 0.15) is 35.9 Å². The Morgan fingerprint density at radius 2 is 1.75 bits per heavy atom. The Kier molecular flexibility index (Phi) is 5.36. The molecule has 0 fully saturated rings. The summed E-state index contributed by atoms with van der Waals surface area (Å²) in [6.45, 7) is 9.84. The number of nitrogens with zero attached hydrogens (tertiary/aromatic N) is 3. The number of aromatic nitrogens is 2. The second-order valence-electron chi connectivity index (χ2n) is 8.44. The van der Waals surface area contributed by atoms with Crippen molar-refractivity contribution in [2.45, 2.75) is 33.2 Å². The minimum absolute atomic E-state index is 0.640. The van der Waals surface area contributed by atoms with Gasteiger partial charge in [0.25, 0.3) is 0 Å². The van der Waals surface area contributed by atoms with Gasteiger partial charge in [-0.05, 0) is 41.7 Å². The van der Waals surface area contributed by atoms with Crippen LogP contribution in [0.5, 0.6) is 0 Å². The van der Waals surface area contributed by atoms with Crippen LogP contribution in [0.3, 0.4) is 0 Å². The smallest absolute Gasteiger partial charge is 0.133 e. The Bertz CT molecular complexity index is 1330. The van der Waals surface area contributed by atoms with Crippen LogP contribution in [0.4, 0.5) is 0 Å². The number of aliphatic imine (C=N–C) groups is 1. The Morgan fingerprint density at radius 1 is 0.969 bits per heavy atom. The van der Waals surface area contributed by atoms with Crippen LogP contribution in [0.2, 0.25) is 0 Å². The second-order valence-corrected chi connectivity index (χ2v) is 8.44. The number of hydrogen-bond donors (Lipinski definition) is 1. The largest absolute Gasteiger partial charge is 0.342 e. The molecule has 1 aliphatic heterocycles. The zero-order valence-corrected chi connectivity index (χ0v) is 18.7. The van der Waals surface area contributed by atoms with Crippen molar-refractivity contribution in [3.63, 3.8) is 0 Å². The lowest BCUT2D eigenvalue weighted by Crippen LogP contribution is -2.18. The first-order chi connectivity index (χ1) is 15.6. The van der Waals surface area contributed by atoms with E-state index in [0.29, 0.717) is 6.54 Å². The van der Waals surface area contributed by atoms with Gasteiger partial charge in [-0.15, -0.1) is 0 Å². The molecule has 160 valence electrons. The van der Waals surface area contributed by atoms with Gasteiger partial charge in [0.05, 0.1) is 17.6 Å². The maximum absolute atomic E-state index is 4.92. The third-order valence-corrected chi connectivity index (χ3v) is 6.03. The average Bonchev–Trinajstić information content (AvgIpc) is 3.39.